The van der Waals surface area contributed by atoms with E-state index in [1.54, 1.807) is 4.31 Å². The second kappa shape index (κ2) is 6.55. The minimum Gasteiger partial charge on any atom is -0.375 e. The summed E-state index contributed by atoms with van der Waals surface area (Å²) in [7, 11) is -3.10. The van der Waals surface area contributed by atoms with E-state index in [1.165, 1.54) is 19.3 Å². The summed E-state index contributed by atoms with van der Waals surface area (Å²) in [5, 5.41) is 0. The van der Waals surface area contributed by atoms with Crippen LogP contribution in [0, 0.1) is 11.8 Å². The van der Waals surface area contributed by atoms with Gasteiger partial charge >= 0.3 is 0 Å². The predicted octanol–water partition coefficient (Wildman–Crippen LogP) is 2.25. The van der Waals surface area contributed by atoms with Gasteiger partial charge in [-0.1, -0.05) is 33.1 Å². The molecule has 2 aliphatic rings. The van der Waals surface area contributed by atoms with Crippen LogP contribution in [-0.4, -0.2) is 44.3 Å². The lowest BCUT2D eigenvalue weighted by Crippen LogP contribution is -2.48. The Morgan fingerprint density at radius 2 is 1.89 bits per heavy atom. The van der Waals surface area contributed by atoms with Crippen molar-refractivity contribution < 1.29 is 13.2 Å². The Balaban J connectivity index is 1.94. The molecule has 0 spiro atoms. The van der Waals surface area contributed by atoms with Crippen LogP contribution in [0.5, 0.6) is 0 Å². The Hall–Kier alpha value is -0.130. The van der Waals surface area contributed by atoms with E-state index >= 15 is 0 Å². The predicted molar refractivity (Wildman–Crippen MR) is 76.5 cm³/mol. The van der Waals surface area contributed by atoms with Gasteiger partial charge in [-0.15, -0.1) is 0 Å². The normalized spacial score (nSPS) is 27.8. The standard InChI is InChI=1S/C14H27NO3S/c1-12(2)14-10-15(8-9-18-14)19(16,17)11-13-6-4-3-5-7-13/h12-14H,3-11H2,1-2H3/t14-/m0/s1. The van der Waals surface area contributed by atoms with E-state index in [-0.39, 0.29) is 6.10 Å². The van der Waals surface area contributed by atoms with Crippen LogP contribution in [0.4, 0.5) is 0 Å². The van der Waals surface area contributed by atoms with E-state index in [2.05, 4.69) is 13.8 Å². The third-order valence-corrected chi connectivity index (χ3v) is 6.38. The summed E-state index contributed by atoms with van der Waals surface area (Å²) < 4.78 is 32.3. The first kappa shape index (κ1) is 15.3. The van der Waals surface area contributed by atoms with Gasteiger partial charge in [0.1, 0.15) is 0 Å². The number of hydrogen-bond acceptors (Lipinski definition) is 3. The van der Waals surface area contributed by atoms with Crippen molar-refractivity contribution in [1.82, 2.24) is 4.31 Å². The van der Waals surface area contributed by atoms with Crippen LogP contribution in [0.25, 0.3) is 0 Å². The molecule has 0 N–H and O–H groups in total. The number of nitrogens with zero attached hydrogens (tertiary/aromatic N) is 1. The summed E-state index contributed by atoms with van der Waals surface area (Å²) in [6.45, 7) is 5.77. The second-order valence-corrected chi connectivity index (χ2v) is 8.31. The molecule has 2 rings (SSSR count). The molecule has 0 aromatic heterocycles. The molecule has 5 heteroatoms. The van der Waals surface area contributed by atoms with Crippen LogP contribution in [0.3, 0.4) is 0 Å². The van der Waals surface area contributed by atoms with Gasteiger partial charge in [0.05, 0.1) is 18.5 Å². The van der Waals surface area contributed by atoms with Gasteiger partial charge in [-0.25, -0.2) is 8.42 Å². The zero-order valence-corrected chi connectivity index (χ0v) is 13.0. The molecule has 112 valence electrons. The lowest BCUT2D eigenvalue weighted by Gasteiger charge is -2.35. The summed E-state index contributed by atoms with van der Waals surface area (Å²) in [6, 6.07) is 0. The Morgan fingerprint density at radius 1 is 1.21 bits per heavy atom. The monoisotopic (exact) mass is 289 g/mol. The summed E-state index contributed by atoms with van der Waals surface area (Å²) in [5.41, 5.74) is 0. The number of sulfonamides is 1. The fraction of sp³-hybridized carbons (Fsp3) is 1.00. The molecule has 1 saturated carbocycles. The maximum Gasteiger partial charge on any atom is 0.214 e. The van der Waals surface area contributed by atoms with E-state index in [1.807, 2.05) is 0 Å². The minimum absolute atomic E-state index is 0.0508. The topological polar surface area (TPSA) is 46.6 Å². The SMILES string of the molecule is CC(C)[C@@H]1CN(S(=O)(=O)CC2CCCCC2)CCO1. The Bertz CT molecular complexity index is 374. The fourth-order valence-electron chi connectivity index (χ4n) is 3.06. The Morgan fingerprint density at radius 3 is 2.53 bits per heavy atom. The van der Waals surface area contributed by atoms with Crippen molar-refractivity contribution in [2.24, 2.45) is 11.8 Å². The summed E-state index contributed by atoms with van der Waals surface area (Å²) >= 11 is 0. The average Bonchev–Trinajstić information content (AvgIpc) is 2.39. The maximum absolute atomic E-state index is 12.5. The molecule has 0 aromatic carbocycles. The van der Waals surface area contributed by atoms with Gasteiger partial charge in [-0.05, 0) is 24.7 Å². The molecule has 1 aliphatic heterocycles. The molecule has 4 nitrogen and oxygen atoms in total. The molecule has 0 bridgehead atoms. The lowest BCUT2D eigenvalue weighted by atomic mass is 9.91. The molecule has 0 radical (unpaired) electrons. The number of ether oxygens (including phenoxy) is 1. The van der Waals surface area contributed by atoms with Crippen LogP contribution in [0.1, 0.15) is 46.0 Å². The second-order valence-electron chi connectivity index (χ2n) is 6.29. The molecule has 0 amide bonds. The van der Waals surface area contributed by atoms with Crippen molar-refractivity contribution in [2.45, 2.75) is 52.1 Å². The first-order valence-electron chi connectivity index (χ1n) is 7.58. The van der Waals surface area contributed by atoms with Crippen molar-refractivity contribution in [3.63, 3.8) is 0 Å². The zero-order chi connectivity index (χ0) is 13.9. The molecule has 19 heavy (non-hydrogen) atoms. The molecule has 2 fully saturated rings. The van der Waals surface area contributed by atoms with Crippen molar-refractivity contribution in [3.05, 3.63) is 0 Å². The maximum atomic E-state index is 12.5. The lowest BCUT2D eigenvalue weighted by molar-refractivity contribution is -0.0264. The molecular weight excluding hydrogens is 262 g/mol. The highest BCUT2D eigenvalue weighted by atomic mass is 32.2. The first-order chi connectivity index (χ1) is 8.99. The van der Waals surface area contributed by atoms with Gasteiger partial charge in [-0.2, -0.15) is 4.31 Å². The third kappa shape index (κ3) is 4.17. The van der Waals surface area contributed by atoms with Gasteiger partial charge in [0.2, 0.25) is 10.0 Å². The molecule has 0 unspecified atom stereocenters. The largest absolute Gasteiger partial charge is 0.375 e. The number of hydrogen-bond donors (Lipinski definition) is 0. The van der Waals surface area contributed by atoms with Gasteiger partial charge in [0.25, 0.3) is 0 Å². The molecule has 1 aliphatic carbocycles. The number of morpholine rings is 1. The molecule has 1 heterocycles. The van der Waals surface area contributed by atoms with Gasteiger partial charge < -0.3 is 4.74 Å². The van der Waals surface area contributed by atoms with E-state index < -0.39 is 10.0 Å². The van der Waals surface area contributed by atoms with Gasteiger partial charge in [0.15, 0.2) is 0 Å². The number of rotatable bonds is 4. The van der Waals surface area contributed by atoms with E-state index in [4.69, 9.17) is 4.74 Å². The van der Waals surface area contributed by atoms with Crippen LogP contribution in [0.15, 0.2) is 0 Å². The van der Waals surface area contributed by atoms with Crippen molar-refractivity contribution in [2.75, 3.05) is 25.4 Å². The minimum atomic E-state index is -3.10. The van der Waals surface area contributed by atoms with E-state index in [0.29, 0.717) is 37.3 Å². The van der Waals surface area contributed by atoms with Crippen LogP contribution >= 0.6 is 0 Å². The Labute approximate surface area is 117 Å². The zero-order valence-electron chi connectivity index (χ0n) is 12.2. The highest BCUT2D eigenvalue weighted by Crippen LogP contribution is 2.26. The fourth-order valence-corrected chi connectivity index (χ4v) is 4.93. The highest BCUT2D eigenvalue weighted by molar-refractivity contribution is 7.89. The van der Waals surface area contributed by atoms with Crippen LogP contribution in [-0.2, 0) is 14.8 Å². The smallest absolute Gasteiger partial charge is 0.214 e. The van der Waals surface area contributed by atoms with Gasteiger partial charge in [0, 0.05) is 13.1 Å². The summed E-state index contributed by atoms with van der Waals surface area (Å²) in [5.74, 6) is 1.09. The van der Waals surface area contributed by atoms with Crippen molar-refractivity contribution in [1.29, 1.82) is 0 Å². The van der Waals surface area contributed by atoms with Crippen molar-refractivity contribution in [3.8, 4) is 0 Å². The average molecular weight is 289 g/mol. The van der Waals surface area contributed by atoms with Crippen LogP contribution < -0.4 is 0 Å². The third-order valence-electron chi connectivity index (χ3n) is 4.36. The molecule has 1 saturated heterocycles. The Kier molecular flexibility index (Phi) is 5.26. The first-order valence-corrected chi connectivity index (χ1v) is 9.19. The molecule has 0 aromatic rings. The summed E-state index contributed by atoms with van der Waals surface area (Å²) in [6.07, 6.45) is 5.86. The van der Waals surface area contributed by atoms with E-state index in [0.717, 1.165) is 12.8 Å². The summed E-state index contributed by atoms with van der Waals surface area (Å²) in [4.78, 5) is 0. The van der Waals surface area contributed by atoms with Crippen molar-refractivity contribution >= 4 is 10.0 Å². The van der Waals surface area contributed by atoms with Gasteiger partial charge in [-0.3, -0.25) is 0 Å². The molecule has 1 atom stereocenters. The quantitative estimate of drug-likeness (QED) is 0.797. The van der Waals surface area contributed by atoms with Crippen LogP contribution in [0.2, 0.25) is 0 Å². The van der Waals surface area contributed by atoms with E-state index in [9.17, 15) is 8.42 Å². The highest BCUT2D eigenvalue weighted by Gasteiger charge is 2.32. The molecular formula is C14H27NO3S.